The van der Waals surface area contributed by atoms with Gasteiger partial charge in [-0.3, -0.25) is 4.79 Å². The van der Waals surface area contributed by atoms with Crippen molar-refractivity contribution < 1.29 is 4.79 Å². The predicted octanol–water partition coefficient (Wildman–Crippen LogP) is 4.02. The first-order valence-electron chi connectivity index (χ1n) is 5.93. The van der Waals surface area contributed by atoms with E-state index in [1.807, 2.05) is 6.07 Å². The summed E-state index contributed by atoms with van der Waals surface area (Å²) >= 11 is 5.76. The van der Waals surface area contributed by atoms with E-state index in [1.165, 1.54) is 12.3 Å². The second-order valence-corrected chi connectivity index (χ2v) is 4.44. The minimum Gasteiger partial charge on any atom is -0.360 e. The Balaban J connectivity index is 2.05. The number of allylic oxidation sites excluding steroid dienone is 1. The molecule has 20 heavy (non-hydrogen) atoms. The highest BCUT2D eigenvalue weighted by atomic mass is 35.5. The Labute approximate surface area is 122 Å². The Hall–Kier alpha value is -2.57. The number of hydrogen-bond donors (Lipinski definition) is 1. The lowest BCUT2D eigenvalue weighted by Crippen LogP contribution is -1.97. The fraction of sp³-hybridized carbons (Fsp3) is 0. The number of halogens is 1. The molecule has 0 heterocycles. The van der Waals surface area contributed by atoms with Crippen LogP contribution < -0.4 is 5.32 Å². The fourth-order valence-electron chi connectivity index (χ4n) is 1.62. The van der Waals surface area contributed by atoms with Crippen LogP contribution in [0.5, 0.6) is 0 Å². The summed E-state index contributed by atoms with van der Waals surface area (Å²) in [4.78, 5) is 11.9. The molecule has 3 nitrogen and oxygen atoms in total. The summed E-state index contributed by atoms with van der Waals surface area (Å²) in [7, 11) is 0. The van der Waals surface area contributed by atoms with Crippen LogP contribution in [0.15, 0.2) is 60.8 Å². The fourth-order valence-corrected chi connectivity index (χ4v) is 1.75. The highest BCUT2D eigenvalue weighted by Gasteiger charge is 2.01. The van der Waals surface area contributed by atoms with Crippen LogP contribution in [0.25, 0.3) is 0 Å². The first kappa shape index (κ1) is 13.9. The number of anilines is 1. The third kappa shape index (κ3) is 3.47. The van der Waals surface area contributed by atoms with Gasteiger partial charge in [-0.15, -0.1) is 0 Å². The summed E-state index contributed by atoms with van der Waals surface area (Å²) in [6, 6.07) is 15.8. The van der Waals surface area contributed by atoms with Crippen LogP contribution in [0.1, 0.15) is 15.9 Å². The Morgan fingerprint density at radius 3 is 2.55 bits per heavy atom. The van der Waals surface area contributed by atoms with Gasteiger partial charge in [0, 0.05) is 22.9 Å². The lowest BCUT2D eigenvalue weighted by atomic mass is 10.1. The second-order valence-electron chi connectivity index (χ2n) is 4.01. The predicted molar refractivity (Wildman–Crippen MR) is 79.7 cm³/mol. The van der Waals surface area contributed by atoms with E-state index in [0.717, 1.165) is 0 Å². The van der Waals surface area contributed by atoms with Crippen molar-refractivity contribution in [3.8, 4) is 6.07 Å². The summed E-state index contributed by atoms with van der Waals surface area (Å²) < 4.78 is 0. The van der Waals surface area contributed by atoms with Crippen LogP contribution in [0.2, 0.25) is 5.02 Å². The molecule has 0 aliphatic carbocycles. The molecular formula is C16H11ClN2O. The average molecular weight is 283 g/mol. The first-order valence-corrected chi connectivity index (χ1v) is 6.30. The average Bonchev–Trinajstić information content (AvgIpc) is 2.48. The third-order valence-corrected chi connectivity index (χ3v) is 2.90. The largest absolute Gasteiger partial charge is 0.360 e. The molecule has 0 bridgehead atoms. The number of nitrogens with zero attached hydrogens (tertiary/aromatic N) is 1. The summed E-state index contributed by atoms with van der Waals surface area (Å²) in [5, 5.41) is 12.5. The molecule has 0 atom stereocenters. The second kappa shape index (κ2) is 6.55. The maximum absolute atomic E-state index is 11.9. The summed E-state index contributed by atoms with van der Waals surface area (Å²) in [6.45, 7) is 0. The zero-order valence-electron chi connectivity index (χ0n) is 10.5. The minimum atomic E-state index is -0.136. The molecule has 0 radical (unpaired) electrons. The lowest BCUT2D eigenvalue weighted by molar-refractivity contribution is 0.104. The Kier molecular flexibility index (Phi) is 4.54. The number of nitrogens with one attached hydrogen (secondary N) is 1. The SMILES string of the molecule is N#Cc1ccccc1N/C=C\C(=O)c1ccc(Cl)cc1. The summed E-state index contributed by atoms with van der Waals surface area (Å²) in [5.41, 5.74) is 1.74. The molecule has 0 spiro atoms. The zero-order chi connectivity index (χ0) is 14.4. The normalized spacial score (nSPS) is 10.2. The van der Waals surface area contributed by atoms with Crippen molar-refractivity contribution >= 4 is 23.1 Å². The topological polar surface area (TPSA) is 52.9 Å². The van der Waals surface area contributed by atoms with Crippen LogP contribution in [0.4, 0.5) is 5.69 Å². The number of carbonyl (C=O) groups excluding carboxylic acids is 1. The number of rotatable bonds is 4. The van der Waals surface area contributed by atoms with Crippen LogP contribution in [-0.4, -0.2) is 5.78 Å². The van der Waals surface area contributed by atoms with E-state index in [1.54, 1.807) is 42.5 Å². The van der Waals surface area contributed by atoms with Gasteiger partial charge in [-0.05, 0) is 36.4 Å². The molecule has 0 saturated carbocycles. The van der Waals surface area contributed by atoms with E-state index in [4.69, 9.17) is 16.9 Å². The van der Waals surface area contributed by atoms with Gasteiger partial charge >= 0.3 is 0 Å². The first-order chi connectivity index (χ1) is 9.70. The van der Waals surface area contributed by atoms with E-state index < -0.39 is 0 Å². The number of para-hydroxylation sites is 1. The third-order valence-electron chi connectivity index (χ3n) is 2.65. The minimum absolute atomic E-state index is 0.136. The smallest absolute Gasteiger partial charge is 0.187 e. The zero-order valence-corrected chi connectivity index (χ0v) is 11.3. The maximum Gasteiger partial charge on any atom is 0.187 e. The van der Waals surface area contributed by atoms with E-state index >= 15 is 0 Å². The summed E-state index contributed by atoms with van der Waals surface area (Å²) in [6.07, 6.45) is 2.94. The molecular weight excluding hydrogens is 272 g/mol. The molecule has 0 amide bonds. The van der Waals surface area contributed by atoms with Crippen LogP contribution in [-0.2, 0) is 0 Å². The molecule has 2 rings (SSSR count). The molecule has 0 fully saturated rings. The van der Waals surface area contributed by atoms with Gasteiger partial charge in [0.1, 0.15) is 6.07 Å². The van der Waals surface area contributed by atoms with Gasteiger partial charge < -0.3 is 5.32 Å². The monoisotopic (exact) mass is 282 g/mol. The van der Waals surface area contributed by atoms with E-state index in [2.05, 4.69) is 11.4 Å². The molecule has 4 heteroatoms. The van der Waals surface area contributed by atoms with Crippen molar-refractivity contribution in [2.75, 3.05) is 5.32 Å². The van der Waals surface area contributed by atoms with Crippen molar-refractivity contribution in [1.29, 1.82) is 5.26 Å². The number of ketones is 1. The van der Waals surface area contributed by atoms with E-state index in [0.29, 0.717) is 21.8 Å². The molecule has 0 unspecified atom stereocenters. The van der Waals surface area contributed by atoms with Gasteiger partial charge in [-0.1, -0.05) is 23.7 Å². The molecule has 1 N–H and O–H groups in total. The van der Waals surface area contributed by atoms with Crippen molar-refractivity contribution in [2.45, 2.75) is 0 Å². The molecule has 0 aliphatic heterocycles. The van der Waals surface area contributed by atoms with Gasteiger partial charge in [0.2, 0.25) is 0 Å². The number of benzene rings is 2. The Morgan fingerprint density at radius 2 is 1.85 bits per heavy atom. The van der Waals surface area contributed by atoms with Crippen molar-refractivity contribution in [3.05, 3.63) is 77.0 Å². The summed E-state index contributed by atoms with van der Waals surface area (Å²) in [5.74, 6) is -0.136. The van der Waals surface area contributed by atoms with Gasteiger partial charge in [0.25, 0.3) is 0 Å². The van der Waals surface area contributed by atoms with Gasteiger partial charge in [-0.25, -0.2) is 0 Å². The quantitative estimate of drug-likeness (QED) is 0.681. The van der Waals surface area contributed by atoms with Crippen molar-refractivity contribution in [1.82, 2.24) is 0 Å². The maximum atomic E-state index is 11.9. The van der Waals surface area contributed by atoms with Crippen molar-refractivity contribution in [3.63, 3.8) is 0 Å². The Bertz CT molecular complexity index is 684. The highest BCUT2D eigenvalue weighted by Crippen LogP contribution is 2.14. The number of hydrogen-bond acceptors (Lipinski definition) is 3. The molecule has 98 valence electrons. The van der Waals surface area contributed by atoms with Gasteiger partial charge in [0.05, 0.1) is 11.3 Å². The lowest BCUT2D eigenvalue weighted by Gasteiger charge is -2.02. The van der Waals surface area contributed by atoms with Crippen LogP contribution in [0.3, 0.4) is 0 Å². The van der Waals surface area contributed by atoms with Gasteiger partial charge in [-0.2, -0.15) is 5.26 Å². The molecule has 0 aliphatic rings. The van der Waals surface area contributed by atoms with Crippen LogP contribution >= 0.6 is 11.6 Å². The van der Waals surface area contributed by atoms with E-state index in [9.17, 15) is 4.79 Å². The van der Waals surface area contributed by atoms with E-state index in [-0.39, 0.29) is 5.78 Å². The standard InChI is InChI=1S/C16H11ClN2O/c17-14-7-5-12(6-8-14)16(20)9-10-19-15-4-2-1-3-13(15)11-18/h1-10,19H/b10-9-. The molecule has 0 aromatic heterocycles. The molecule has 0 saturated heterocycles. The molecule has 2 aromatic rings. The van der Waals surface area contributed by atoms with Crippen molar-refractivity contribution in [2.24, 2.45) is 0 Å². The van der Waals surface area contributed by atoms with Crippen LogP contribution in [0, 0.1) is 11.3 Å². The highest BCUT2D eigenvalue weighted by molar-refractivity contribution is 6.30. The number of nitriles is 1. The van der Waals surface area contributed by atoms with Gasteiger partial charge in [0.15, 0.2) is 5.78 Å². The number of carbonyl (C=O) groups is 1. The Morgan fingerprint density at radius 1 is 1.15 bits per heavy atom. The molecule has 2 aromatic carbocycles.